The molecular formula is C33H54O9. The summed E-state index contributed by atoms with van der Waals surface area (Å²) in [6.07, 6.45) is 0.451. The van der Waals surface area contributed by atoms with Gasteiger partial charge in [0.15, 0.2) is 5.79 Å². The van der Waals surface area contributed by atoms with E-state index < -0.39 is 66.0 Å². The summed E-state index contributed by atoms with van der Waals surface area (Å²) in [5.74, 6) is 1.59. The van der Waals surface area contributed by atoms with Crippen molar-refractivity contribution in [1.82, 2.24) is 0 Å². The number of aliphatic hydroxyl groups is 6. The topological polar surface area (TPSA) is 149 Å². The first-order valence-electron chi connectivity index (χ1n) is 16.8. The highest BCUT2D eigenvalue weighted by Crippen LogP contribution is 2.72. The zero-order valence-corrected chi connectivity index (χ0v) is 25.8. The summed E-state index contributed by atoms with van der Waals surface area (Å²) >= 11 is 0. The Hall–Kier alpha value is -0.360. The van der Waals surface area contributed by atoms with Gasteiger partial charge in [0.2, 0.25) is 0 Å². The summed E-state index contributed by atoms with van der Waals surface area (Å²) in [5.41, 5.74) is -1.37. The van der Waals surface area contributed by atoms with Crippen molar-refractivity contribution in [2.24, 2.45) is 52.3 Å². The summed E-state index contributed by atoms with van der Waals surface area (Å²) in [7, 11) is 0. The van der Waals surface area contributed by atoms with Crippen molar-refractivity contribution in [1.29, 1.82) is 0 Å². The van der Waals surface area contributed by atoms with Gasteiger partial charge in [0.25, 0.3) is 0 Å². The van der Waals surface area contributed by atoms with Crippen molar-refractivity contribution >= 4 is 0 Å². The lowest BCUT2D eigenvalue weighted by atomic mass is 9.42. The van der Waals surface area contributed by atoms with Gasteiger partial charge >= 0.3 is 0 Å². The molecule has 9 heteroatoms. The van der Waals surface area contributed by atoms with Crippen molar-refractivity contribution in [3.8, 4) is 0 Å². The molecule has 0 amide bonds. The number of ether oxygens (including phenoxy) is 3. The van der Waals surface area contributed by atoms with Gasteiger partial charge in [-0.3, -0.25) is 0 Å². The molecule has 4 saturated carbocycles. The first-order chi connectivity index (χ1) is 19.8. The quantitative estimate of drug-likeness (QED) is 0.282. The van der Waals surface area contributed by atoms with Crippen molar-refractivity contribution < 1.29 is 44.8 Å². The molecule has 0 aromatic rings. The molecule has 3 saturated heterocycles. The van der Waals surface area contributed by atoms with Crippen LogP contribution in [0.15, 0.2) is 0 Å². The van der Waals surface area contributed by atoms with E-state index in [4.69, 9.17) is 14.2 Å². The third-order valence-corrected chi connectivity index (χ3v) is 14.5. The summed E-state index contributed by atoms with van der Waals surface area (Å²) in [5, 5.41) is 65.2. The largest absolute Gasteiger partial charge is 0.394 e. The van der Waals surface area contributed by atoms with Gasteiger partial charge in [0.05, 0.1) is 37.1 Å². The van der Waals surface area contributed by atoms with Gasteiger partial charge in [-0.05, 0) is 86.4 Å². The zero-order valence-electron chi connectivity index (χ0n) is 25.8. The number of fused-ring (bicyclic) bond motifs is 7. The van der Waals surface area contributed by atoms with Crippen LogP contribution in [0, 0.1) is 52.3 Å². The molecule has 3 aliphatic heterocycles. The fourth-order valence-electron chi connectivity index (χ4n) is 12.1. The van der Waals surface area contributed by atoms with E-state index in [2.05, 4.69) is 27.7 Å². The minimum Gasteiger partial charge on any atom is -0.394 e. The maximum Gasteiger partial charge on any atom is 0.171 e. The number of hydrogen-bond acceptors (Lipinski definition) is 9. The molecular weight excluding hydrogens is 540 g/mol. The summed E-state index contributed by atoms with van der Waals surface area (Å²) < 4.78 is 19.2. The Morgan fingerprint density at radius 3 is 2.29 bits per heavy atom. The molecule has 42 heavy (non-hydrogen) atoms. The van der Waals surface area contributed by atoms with Crippen LogP contribution < -0.4 is 0 Å². The maximum atomic E-state index is 12.4. The highest BCUT2D eigenvalue weighted by Gasteiger charge is 2.71. The molecule has 6 N–H and O–H groups in total. The van der Waals surface area contributed by atoms with Crippen LogP contribution in [0.2, 0.25) is 0 Å². The molecule has 4 aliphatic carbocycles. The van der Waals surface area contributed by atoms with Crippen LogP contribution in [0.3, 0.4) is 0 Å². The van der Waals surface area contributed by atoms with Crippen LogP contribution >= 0.6 is 0 Å². The smallest absolute Gasteiger partial charge is 0.171 e. The monoisotopic (exact) mass is 594 g/mol. The van der Waals surface area contributed by atoms with Gasteiger partial charge in [-0.2, -0.15) is 0 Å². The third kappa shape index (κ3) is 4.00. The Bertz CT molecular complexity index is 1030. The number of aliphatic hydroxyl groups excluding tert-OH is 5. The first kappa shape index (κ1) is 30.3. The Morgan fingerprint density at radius 1 is 0.833 bits per heavy atom. The second-order valence-corrected chi connectivity index (χ2v) is 16.3. The molecule has 1 spiro atoms. The van der Waals surface area contributed by atoms with E-state index >= 15 is 0 Å². The number of rotatable bonds is 2. The molecule has 240 valence electrons. The van der Waals surface area contributed by atoms with Gasteiger partial charge in [-0.25, -0.2) is 0 Å². The fraction of sp³-hybridized carbons (Fsp3) is 1.00. The van der Waals surface area contributed by atoms with E-state index in [1.54, 1.807) is 0 Å². The van der Waals surface area contributed by atoms with E-state index in [9.17, 15) is 30.6 Å². The lowest BCUT2D eigenvalue weighted by Crippen LogP contribution is -2.68. The standard InChI is InChI=1S/C33H54O9/c1-16-5-10-33(40-15-16)17(2)25-23(42-33)11-21-18-6-9-32(39)12-19(29-28(38)27(37)26(36)24(14-34)41-29)22(35)13-31(32,4)20(18)7-8-30(21,25)3/h16-29,34-39H,5-15H2,1-4H3/t16-,17-,18+,19+,20-,21-,22-,23-,24+,25-,26+,27-,28+,29-,30-,31+,32-,33+/m0/s1. The maximum absolute atomic E-state index is 12.4. The van der Waals surface area contributed by atoms with E-state index in [1.165, 1.54) is 0 Å². The van der Waals surface area contributed by atoms with Crippen LogP contribution in [-0.4, -0.2) is 98.0 Å². The predicted molar refractivity (Wildman–Crippen MR) is 152 cm³/mol. The zero-order chi connectivity index (χ0) is 30.0. The van der Waals surface area contributed by atoms with Gasteiger partial charge in [0.1, 0.15) is 24.4 Å². The minimum absolute atomic E-state index is 0.166. The van der Waals surface area contributed by atoms with E-state index in [-0.39, 0.29) is 23.9 Å². The van der Waals surface area contributed by atoms with Crippen molar-refractivity contribution in [2.45, 2.75) is 140 Å². The number of hydrogen-bond donors (Lipinski definition) is 6. The van der Waals surface area contributed by atoms with Gasteiger partial charge in [-0.1, -0.05) is 27.7 Å². The Kier molecular flexibility index (Phi) is 7.26. The average Bonchev–Trinajstić information content (AvgIpc) is 3.39. The molecule has 0 unspecified atom stereocenters. The average molecular weight is 595 g/mol. The predicted octanol–water partition coefficient (Wildman–Crippen LogP) is 1.98. The summed E-state index contributed by atoms with van der Waals surface area (Å²) in [4.78, 5) is 0. The molecule has 3 heterocycles. The van der Waals surface area contributed by atoms with Crippen LogP contribution in [-0.2, 0) is 14.2 Å². The lowest BCUT2D eigenvalue weighted by molar-refractivity contribution is -0.284. The Labute approximate surface area is 249 Å². The highest BCUT2D eigenvalue weighted by molar-refractivity contribution is 5.19. The SMILES string of the molecule is C[C@H]1CC[C@@]2(OC1)O[C@H]1C[C@H]3[C@@H]4CC[C@]5(O)C[C@@H]([C@@H]6O[C@H](CO)[C@@H](O)[C@H](O)[C@H]6O)[C@@H](O)C[C@]5(C)[C@H]4CC[C@]3(C)[C@H]1[C@@H]2C. The second-order valence-electron chi connectivity index (χ2n) is 16.3. The molecule has 0 aromatic carbocycles. The van der Waals surface area contributed by atoms with Crippen molar-refractivity contribution in [3.05, 3.63) is 0 Å². The van der Waals surface area contributed by atoms with E-state index in [0.717, 1.165) is 45.1 Å². The van der Waals surface area contributed by atoms with E-state index in [1.807, 2.05) is 0 Å². The highest BCUT2D eigenvalue weighted by atomic mass is 16.7. The first-order valence-corrected chi connectivity index (χ1v) is 16.8. The minimum atomic E-state index is -1.49. The molecule has 7 rings (SSSR count). The second kappa shape index (κ2) is 10.1. The molecule has 9 nitrogen and oxygen atoms in total. The lowest BCUT2D eigenvalue weighted by Gasteiger charge is -2.65. The van der Waals surface area contributed by atoms with Crippen molar-refractivity contribution in [3.63, 3.8) is 0 Å². The van der Waals surface area contributed by atoms with Crippen LogP contribution in [0.4, 0.5) is 0 Å². The molecule has 18 atom stereocenters. The Morgan fingerprint density at radius 2 is 1.60 bits per heavy atom. The van der Waals surface area contributed by atoms with Gasteiger partial charge < -0.3 is 44.8 Å². The van der Waals surface area contributed by atoms with Crippen LogP contribution in [0.5, 0.6) is 0 Å². The fourth-order valence-corrected chi connectivity index (χ4v) is 12.1. The molecule has 0 aromatic heterocycles. The summed E-state index contributed by atoms with van der Waals surface area (Å²) in [6, 6.07) is 0. The molecule has 0 bridgehead atoms. The van der Waals surface area contributed by atoms with Crippen molar-refractivity contribution in [2.75, 3.05) is 13.2 Å². The third-order valence-electron chi connectivity index (χ3n) is 14.5. The normalized spacial score (nSPS) is 62.7. The van der Waals surface area contributed by atoms with Gasteiger partial charge in [0, 0.05) is 23.7 Å². The summed E-state index contributed by atoms with van der Waals surface area (Å²) in [6.45, 7) is 9.55. The molecule has 7 aliphatic rings. The Balaban J connectivity index is 1.11. The van der Waals surface area contributed by atoms with Crippen LogP contribution in [0.1, 0.15) is 85.5 Å². The molecule has 7 fully saturated rings. The van der Waals surface area contributed by atoms with Gasteiger partial charge in [-0.15, -0.1) is 0 Å². The van der Waals surface area contributed by atoms with E-state index in [0.29, 0.717) is 42.4 Å². The molecule has 0 radical (unpaired) electrons. The van der Waals surface area contributed by atoms with Crippen LogP contribution in [0.25, 0.3) is 0 Å².